The van der Waals surface area contributed by atoms with E-state index in [9.17, 15) is 53.7 Å². The number of hydrogen-bond acceptors (Lipinski definition) is 14. The Bertz CT molecular complexity index is 1300. The van der Waals surface area contributed by atoms with Crippen molar-refractivity contribution in [1.82, 2.24) is 14.9 Å². The van der Waals surface area contributed by atoms with Crippen molar-refractivity contribution in [3.05, 3.63) is 32.6 Å². The largest absolute Gasteiger partial charge is 0.483 e. The molecule has 1 aromatic heterocycles. The highest BCUT2D eigenvalue weighted by atomic mass is 31.3. The summed E-state index contributed by atoms with van der Waals surface area (Å²) in [6.45, 7) is 3.19. The van der Waals surface area contributed by atoms with Gasteiger partial charge < -0.3 is 45.0 Å². The Labute approximate surface area is 231 Å². The molecule has 2 saturated heterocycles. The zero-order valence-corrected chi connectivity index (χ0v) is 23.8. The van der Waals surface area contributed by atoms with Crippen LogP contribution in [0, 0.1) is 6.92 Å². The fourth-order valence-corrected chi connectivity index (χ4v) is 6.27. The fraction of sp³-hybridized carbons (Fsp3) is 0.750. The number of aliphatic hydroxyl groups excluding tert-OH is 4. The van der Waals surface area contributed by atoms with Crippen molar-refractivity contribution < 1.29 is 67.0 Å². The maximum atomic E-state index is 12.5. The zero-order valence-electron chi connectivity index (χ0n) is 22.0. The summed E-state index contributed by atoms with van der Waals surface area (Å²) in [6.07, 6.45) is -10.8. The summed E-state index contributed by atoms with van der Waals surface area (Å²) in [4.78, 5) is 57.7. The second-order valence-corrected chi connectivity index (χ2v) is 12.7. The predicted octanol–water partition coefficient (Wildman–Crippen LogP) is -2.53. The van der Waals surface area contributed by atoms with Gasteiger partial charge in [0.15, 0.2) is 6.29 Å². The van der Waals surface area contributed by atoms with E-state index in [1.54, 1.807) is 0 Å². The molecule has 3 rings (SSSR count). The second-order valence-electron chi connectivity index (χ2n) is 9.67. The minimum absolute atomic E-state index is 0.173. The fourth-order valence-electron chi connectivity index (χ4n) is 4.11. The Balaban J connectivity index is 1.60. The van der Waals surface area contributed by atoms with Crippen LogP contribution in [0.5, 0.6) is 0 Å². The average Bonchev–Trinajstić information content (AvgIpc) is 3.20. The van der Waals surface area contributed by atoms with E-state index >= 15 is 0 Å². The zero-order chi connectivity index (χ0) is 30.9. The SMILES string of the molecule is Cc1cn([C@H]2C[C@H](O)[C@@H](COP(=O)(O)OP(=O)(O)O[C@H]3O[C@H](C)[C@@H](O)[C@H](NC(=O)C[C@@H](C)O)[C@H]3O)O2)c(=O)[nH]c1=O. The lowest BCUT2D eigenvalue weighted by Gasteiger charge is -2.41. The molecule has 0 spiro atoms. The molecule has 1 aromatic rings. The van der Waals surface area contributed by atoms with Crippen molar-refractivity contribution in [2.75, 3.05) is 6.61 Å². The van der Waals surface area contributed by atoms with Crippen LogP contribution in [-0.4, -0.2) is 101 Å². The molecule has 0 aromatic carbocycles. The van der Waals surface area contributed by atoms with Gasteiger partial charge in [-0.3, -0.25) is 28.2 Å². The number of aliphatic hydroxyl groups is 4. The molecular weight excluding hydrogens is 600 g/mol. The minimum atomic E-state index is -5.54. The molecule has 3 heterocycles. The molecule has 2 unspecified atom stereocenters. The Morgan fingerprint density at radius 3 is 2.49 bits per heavy atom. The normalized spacial score (nSPS) is 34.0. The number of ether oxygens (including phenoxy) is 2. The van der Waals surface area contributed by atoms with Crippen molar-refractivity contribution in [1.29, 1.82) is 0 Å². The van der Waals surface area contributed by atoms with Crippen LogP contribution in [0.2, 0.25) is 0 Å². The maximum Gasteiger partial charge on any atom is 0.483 e. The van der Waals surface area contributed by atoms with Gasteiger partial charge in [0.05, 0.1) is 37.4 Å². The molecule has 2 aliphatic rings. The van der Waals surface area contributed by atoms with E-state index in [1.165, 1.54) is 27.0 Å². The van der Waals surface area contributed by atoms with E-state index in [0.29, 0.717) is 0 Å². The molecule has 2 fully saturated rings. The third kappa shape index (κ3) is 8.84. The summed E-state index contributed by atoms with van der Waals surface area (Å²) < 4.78 is 50.0. The smallest absolute Gasteiger partial charge is 0.393 e. The van der Waals surface area contributed by atoms with E-state index in [2.05, 4.69) is 23.7 Å². The van der Waals surface area contributed by atoms with E-state index in [-0.39, 0.29) is 18.4 Å². The molecule has 0 radical (unpaired) electrons. The van der Waals surface area contributed by atoms with E-state index in [0.717, 1.165) is 4.57 Å². The molecule has 1 amide bonds. The first-order valence-electron chi connectivity index (χ1n) is 12.2. The maximum absolute atomic E-state index is 12.5. The van der Waals surface area contributed by atoms with Gasteiger partial charge in [0.2, 0.25) is 5.91 Å². The highest BCUT2D eigenvalue weighted by Crippen LogP contribution is 2.61. The van der Waals surface area contributed by atoms with Crippen LogP contribution in [0.3, 0.4) is 0 Å². The number of phosphoric ester groups is 2. The third-order valence-corrected chi connectivity index (χ3v) is 8.76. The molecule has 0 aliphatic carbocycles. The number of phosphoric acid groups is 2. The number of amides is 1. The molecule has 8 N–H and O–H groups in total. The lowest BCUT2D eigenvalue weighted by Crippen LogP contribution is -2.63. The molecule has 0 saturated carbocycles. The number of rotatable bonds is 11. The molecule has 11 atom stereocenters. The summed E-state index contributed by atoms with van der Waals surface area (Å²) in [5.41, 5.74) is -1.27. The minimum Gasteiger partial charge on any atom is -0.393 e. The van der Waals surface area contributed by atoms with Crippen molar-refractivity contribution in [2.24, 2.45) is 0 Å². The summed E-state index contributed by atoms with van der Waals surface area (Å²) in [5, 5.41) is 42.6. The van der Waals surface area contributed by atoms with Gasteiger partial charge in [-0.15, -0.1) is 0 Å². The summed E-state index contributed by atoms with van der Waals surface area (Å²) in [7, 11) is -10.9. The third-order valence-electron chi connectivity index (χ3n) is 6.16. The first kappa shape index (κ1) is 33.7. The predicted molar refractivity (Wildman–Crippen MR) is 133 cm³/mol. The summed E-state index contributed by atoms with van der Waals surface area (Å²) in [6, 6.07) is -1.49. The topological polar surface area (TPSA) is 286 Å². The van der Waals surface area contributed by atoms with Gasteiger partial charge >= 0.3 is 21.3 Å². The Hall–Kier alpha value is -1.83. The highest BCUT2D eigenvalue weighted by Gasteiger charge is 2.48. The van der Waals surface area contributed by atoms with Crippen LogP contribution in [0.4, 0.5) is 0 Å². The Morgan fingerprint density at radius 2 is 1.85 bits per heavy atom. The lowest BCUT2D eigenvalue weighted by molar-refractivity contribution is -0.244. The average molecular weight is 633 g/mol. The van der Waals surface area contributed by atoms with Crippen LogP contribution in [0.25, 0.3) is 0 Å². The molecule has 2 aliphatic heterocycles. The van der Waals surface area contributed by atoms with Crippen molar-refractivity contribution in [2.45, 2.75) is 88.8 Å². The number of aryl methyl sites for hydroxylation is 1. The van der Waals surface area contributed by atoms with Crippen LogP contribution >= 0.6 is 15.6 Å². The number of H-pyrrole nitrogens is 1. The first-order chi connectivity index (χ1) is 18.9. The summed E-state index contributed by atoms with van der Waals surface area (Å²) >= 11 is 0. The highest BCUT2D eigenvalue weighted by molar-refractivity contribution is 7.61. The standard InChI is InChI=1S/C20H33N3O16P2/c1-8-6-23(20(30)22-18(8)29)14-5-11(25)12(37-14)7-35-40(31,32)39-41(33,34)38-19-17(28)15(16(27)10(3)36-19)21-13(26)4-9(2)24/h6,9-12,14-17,19,24-25,27-28H,4-5,7H2,1-3H3,(H,21,26)(H,31,32)(H,33,34)(H,22,29,30)/t9-,10-,11+,12-,14-,15+,16-,17-,19-/m1/s1. The lowest BCUT2D eigenvalue weighted by atomic mass is 9.96. The second kappa shape index (κ2) is 13.2. The number of nitrogens with one attached hydrogen (secondary N) is 2. The van der Waals surface area contributed by atoms with Crippen LogP contribution < -0.4 is 16.6 Å². The van der Waals surface area contributed by atoms with Crippen molar-refractivity contribution in [3.63, 3.8) is 0 Å². The van der Waals surface area contributed by atoms with Gasteiger partial charge in [0, 0.05) is 18.2 Å². The van der Waals surface area contributed by atoms with Gasteiger partial charge in [-0.05, 0) is 20.8 Å². The van der Waals surface area contributed by atoms with Crippen molar-refractivity contribution >= 4 is 21.6 Å². The monoisotopic (exact) mass is 633 g/mol. The number of aromatic nitrogens is 2. The number of hydrogen-bond donors (Lipinski definition) is 8. The van der Waals surface area contributed by atoms with Gasteiger partial charge in [-0.2, -0.15) is 4.31 Å². The Kier molecular flexibility index (Phi) is 10.9. The van der Waals surface area contributed by atoms with Crippen molar-refractivity contribution in [3.8, 4) is 0 Å². The number of carbonyl (C=O) groups excluding carboxylic acids is 1. The number of carbonyl (C=O) groups is 1. The van der Waals surface area contributed by atoms with Crippen LogP contribution in [-0.2, 0) is 36.8 Å². The van der Waals surface area contributed by atoms with Crippen LogP contribution in [0.15, 0.2) is 15.8 Å². The number of nitrogens with zero attached hydrogens (tertiary/aromatic N) is 1. The summed E-state index contributed by atoms with van der Waals surface area (Å²) in [5.74, 6) is -0.772. The molecule has 0 bridgehead atoms. The first-order valence-corrected chi connectivity index (χ1v) is 15.2. The molecule has 19 nitrogen and oxygen atoms in total. The number of aromatic amines is 1. The van der Waals surface area contributed by atoms with Gasteiger partial charge in [0.1, 0.15) is 24.5 Å². The van der Waals surface area contributed by atoms with Gasteiger partial charge in [-0.1, -0.05) is 0 Å². The van der Waals surface area contributed by atoms with Crippen LogP contribution in [0.1, 0.15) is 38.5 Å². The van der Waals surface area contributed by atoms with Gasteiger partial charge in [-0.25, -0.2) is 13.9 Å². The quantitative estimate of drug-likeness (QED) is 0.117. The molecule has 21 heteroatoms. The molecule has 234 valence electrons. The Morgan fingerprint density at radius 1 is 1.20 bits per heavy atom. The van der Waals surface area contributed by atoms with E-state index in [1.807, 2.05) is 0 Å². The van der Waals surface area contributed by atoms with E-state index in [4.69, 9.17) is 9.47 Å². The van der Waals surface area contributed by atoms with E-state index < -0.39 is 94.6 Å². The van der Waals surface area contributed by atoms with Gasteiger partial charge in [0.25, 0.3) is 5.56 Å². The molecule has 41 heavy (non-hydrogen) atoms. The molecular formula is C20H33N3O16P2.